The first-order valence-corrected chi connectivity index (χ1v) is 5.94. The molecule has 0 aromatic rings. The third kappa shape index (κ3) is 3.56. The lowest BCUT2D eigenvalue weighted by molar-refractivity contribution is -0.0414. The highest BCUT2D eigenvalue weighted by Crippen LogP contribution is 2.18. The second kappa shape index (κ2) is 5.37. The topological polar surface area (TPSA) is 12.5 Å². The van der Waals surface area contributed by atoms with E-state index in [4.69, 9.17) is 4.74 Å². The van der Waals surface area contributed by atoms with Gasteiger partial charge in [0.15, 0.2) is 0 Å². The van der Waals surface area contributed by atoms with Crippen molar-refractivity contribution in [3.63, 3.8) is 0 Å². The van der Waals surface area contributed by atoms with Crippen LogP contribution in [0.5, 0.6) is 0 Å². The molecule has 0 aliphatic carbocycles. The van der Waals surface area contributed by atoms with Crippen LogP contribution in [0.2, 0.25) is 0 Å². The predicted molar refractivity (Wildman–Crippen MR) is 57.9 cm³/mol. The van der Waals surface area contributed by atoms with Gasteiger partial charge in [-0.25, -0.2) is 4.31 Å². The van der Waals surface area contributed by atoms with Crippen LogP contribution in [0.25, 0.3) is 0 Å². The molecule has 0 bridgehead atoms. The zero-order valence-electron chi connectivity index (χ0n) is 7.69. The van der Waals surface area contributed by atoms with Gasteiger partial charge in [-0.05, 0) is 13.8 Å². The van der Waals surface area contributed by atoms with Crippen LogP contribution in [0, 0.1) is 0 Å². The van der Waals surface area contributed by atoms with E-state index >= 15 is 0 Å². The van der Waals surface area contributed by atoms with Gasteiger partial charge in [-0.3, -0.25) is 0 Å². The van der Waals surface area contributed by atoms with Crippen molar-refractivity contribution in [2.75, 3.05) is 24.6 Å². The van der Waals surface area contributed by atoms with E-state index in [1.807, 2.05) is 11.9 Å². The third-order valence-electron chi connectivity index (χ3n) is 1.75. The van der Waals surface area contributed by atoms with Crippen LogP contribution in [-0.2, 0) is 4.74 Å². The Kier molecular flexibility index (Phi) is 4.79. The first-order chi connectivity index (χ1) is 5.72. The number of morpholine rings is 1. The molecule has 0 aromatic carbocycles. The smallest absolute Gasteiger partial charge is 0.0687 e. The third-order valence-corrected chi connectivity index (χ3v) is 3.33. The molecule has 4 heteroatoms. The molecule has 72 valence electrons. The van der Waals surface area contributed by atoms with Crippen LogP contribution >= 0.6 is 24.6 Å². The highest BCUT2D eigenvalue weighted by Gasteiger charge is 2.21. The van der Waals surface area contributed by atoms with Gasteiger partial charge in [-0.15, -0.1) is 0 Å². The normalized spacial score (nSPS) is 32.2. The summed E-state index contributed by atoms with van der Waals surface area (Å²) in [5.41, 5.74) is 0. The Balaban J connectivity index is 2.24. The molecule has 1 fully saturated rings. The van der Waals surface area contributed by atoms with E-state index in [1.54, 1.807) is 0 Å². The van der Waals surface area contributed by atoms with Crippen LogP contribution in [0.4, 0.5) is 0 Å². The Morgan fingerprint density at radius 2 is 2.00 bits per heavy atom. The van der Waals surface area contributed by atoms with Gasteiger partial charge in [0.05, 0.1) is 12.2 Å². The maximum Gasteiger partial charge on any atom is 0.0687 e. The molecule has 1 aliphatic heterocycles. The summed E-state index contributed by atoms with van der Waals surface area (Å²) in [4.78, 5) is 0. The van der Waals surface area contributed by atoms with E-state index in [-0.39, 0.29) is 0 Å². The van der Waals surface area contributed by atoms with E-state index in [0.717, 1.165) is 24.6 Å². The van der Waals surface area contributed by atoms with Crippen molar-refractivity contribution in [2.24, 2.45) is 0 Å². The zero-order valence-corrected chi connectivity index (χ0v) is 9.40. The molecule has 0 saturated carbocycles. The van der Waals surface area contributed by atoms with Gasteiger partial charge < -0.3 is 4.74 Å². The molecule has 1 aliphatic rings. The summed E-state index contributed by atoms with van der Waals surface area (Å²) < 4.78 is 8.01. The number of hydrogen-bond donors (Lipinski definition) is 1. The van der Waals surface area contributed by atoms with Crippen LogP contribution in [0.15, 0.2) is 0 Å². The van der Waals surface area contributed by atoms with Gasteiger partial charge in [-0.2, -0.15) is 12.6 Å². The predicted octanol–water partition coefficient (Wildman–Crippen LogP) is 1.67. The molecule has 2 unspecified atom stereocenters. The molecule has 2 nitrogen and oxygen atoms in total. The van der Waals surface area contributed by atoms with Crippen molar-refractivity contribution in [2.45, 2.75) is 26.1 Å². The van der Waals surface area contributed by atoms with Crippen molar-refractivity contribution in [3.05, 3.63) is 0 Å². The summed E-state index contributed by atoms with van der Waals surface area (Å²) in [6.07, 6.45) is 0.752. The molecule has 0 spiro atoms. The number of nitrogens with zero attached hydrogens (tertiary/aromatic N) is 1. The van der Waals surface area contributed by atoms with Gasteiger partial charge in [-0.1, -0.05) is 11.9 Å². The minimum atomic E-state index is 0.376. The molecule has 12 heavy (non-hydrogen) atoms. The summed E-state index contributed by atoms with van der Waals surface area (Å²) in [5, 5.41) is 0. The fraction of sp³-hybridized carbons (Fsp3) is 1.00. The second-order valence-electron chi connectivity index (χ2n) is 3.16. The quantitative estimate of drug-likeness (QED) is 0.559. The molecule has 2 atom stereocenters. The van der Waals surface area contributed by atoms with Gasteiger partial charge in [0.2, 0.25) is 0 Å². The van der Waals surface area contributed by atoms with Gasteiger partial charge in [0, 0.05) is 24.6 Å². The molecule has 0 amide bonds. The summed E-state index contributed by atoms with van der Waals surface area (Å²) in [6, 6.07) is 0. The minimum absolute atomic E-state index is 0.376. The van der Waals surface area contributed by atoms with Gasteiger partial charge >= 0.3 is 0 Å². The molecule has 1 heterocycles. The Labute approximate surface area is 84.6 Å². The van der Waals surface area contributed by atoms with Crippen LogP contribution < -0.4 is 0 Å². The largest absolute Gasteiger partial charge is 0.373 e. The van der Waals surface area contributed by atoms with E-state index in [2.05, 4.69) is 30.8 Å². The lowest BCUT2D eigenvalue weighted by Crippen LogP contribution is -2.42. The highest BCUT2D eigenvalue weighted by molar-refractivity contribution is 7.97. The molecule has 1 saturated heterocycles. The van der Waals surface area contributed by atoms with Crippen LogP contribution in [-0.4, -0.2) is 41.1 Å². The fourth-order valence-electron chi connectivity index (χ4n) is 1.41. The maximum atomic E-state index is 5.62. The van der Waals surface area contributed by atoms with Crippen molar-refractivity contribution in [1.29, 1.82) is 0 Å². The molecule has 1 rings (SSSR count). The van der Waals surface area contributed by atoms with E-state index in [0.29, 0.717) is 12.2 Å². The second-order valence-corrected chi connectivity index (χ2v) is 4.79. The number of hydrogen-bond acceptors (Lipinski definition) is 4. The van der Waals surface area contributed by atoms with Crippen LogP contribution in [0.3, 0.4) is 0 Å². The molecule has 0 aromatic heterocycles. The summed E-state index contributed by atoms with van der Waals surface area (Å²) in [5.74, 6) is 2.05. The van der Waals surface area contributed by atoms with Gasteiger partial charge in [0.25, 0.3) is 0 Å². The average Bonchev–Trinajstić information content (AvgIpc) is 1.99. The summed E-state index contributed by atoms with van der Waals surface area (Å²) in [6.45, 7) is 6.35. The van der Waals surface area contributed by atoms with E-state index < -0.39 is 0 Å². The van der Waals surface area contributed by atoms with Crippen LogP contribution in [0.1, 0.15) is 13.8 Å². The zero-order chi connectivity index (χ0) is 8.97. The van der Waals surface area contributed by atoms with E-state index in [1.165, 1.54) is 0 Å². The number of ether oxygens (including phenoxy) is 1. The van der Waals surface area contributed by atoms with Crippen molar-refractivity contribution >= 4 is 24.6 Å². The summed E-state index contributed by atoms with van der Waals surface area (Å²) in [7, 11) is 0. The SMILES string of the molecule is CC1CN(SCCS)CC(C)O1. The first kappa shape index (κ1) is 10.7. The minimum Gasteiger partial charge on any atom is -0.373 e. The molecule has 0 radical (unpaired) electrons. The van der Waals surface area contributed by atoms with Crippen molar-refractivity contribution in [3.8, 4) is 0 Å². The Morgan fingerprint density at radius 1 is 1.42 bits per heavy atom. The monoisotopic (exact) mass is 207 g/mol. The molecule has 0 N–H and O–H groups in total. The summed E-state index contributed by atoms with van der Waals surface area (Å²) >= 11 is 6.07. The van der Waals surface area contributed by atoms with E-state index in [9.17, 15) is 0 Å². The Morgan fingerprint density at radius 3 is 2.50 bits per heavy atom. The highest BCUT2D eigenvalue weighted by atomic mass is 32.2. The number of rotatable bonds is 3. The lowest BCUT2D eigenvalue weighted by atomic mass is 10.3. The Bertz CT molecular complexity index is 124. The lowest BCUT2D eigenvalue weighted by Gasteiger charge is -2.34. The number of thiol groups is 1. The standard InChI is InChI=1S/C8H17NOS2/c1-7-5-9(12-4-3-11)6-8(2)10-7/h7-8,11H,3-6H2,1-2H3. The Hall–Kier alpha value is 0.620. The average molecular weight is 207 g/mol. The maximum absolute atomic E-state index is 5.62. The van der Waals surface area contributed by atoms with Crippen molar-refractivity contribution in [1.82, 2.24) is 4.31 Å². The fourth-order valence-corrected chi connectivity index (χ4v) is 2.62. The van der Waals surface area contributed by atoms with Gasteiger partial charge in [0.1, 0.15) is 0 Å². The first-order valence-electron chi connectivity index (χ1n) is 4.36. The van der Waals surface area contributed by atoms with Crippen molar-refractivity contribution < 1.29 is 4.74 Å². The molecular weight excluding hydrogens is 190 g/mol. The molecular formula is C8H17NOS2.